The Bertz CT molecular complexity index is 985. The van der Waals surface area contributed by atoms with Gasteiger partial charge in [0.25, 0.3) is 0 Å². The molecular weight excluding hydrogens is 305 g/mol. The summed E-state index contributed by atoms with van der Waals surface area (Å²) in [6.07, 6.45) is 1.75. The third-order valence-corrected chi connectivity index (χ3v) is 3.58. The molecule has 0 radical (unpaired) electrons. The maximum Gasteiger partial charge on any atom is 0.238 e. The van der Waals surface area contributed by atoms with Crippen molar-refractivity contribution in [3.63, 3.8) is 0 Å². The first kappa shape index (κ1) is 14.3. The van der Waals surface area contributed by atoms with Crippen LogP contribution in [0.25, 0.3) is 22.2 Å². The Labute approximate surface area is 137 Å². The molecule has 116 valence electrons. The molecule has 0 amide bonds. The Kier molecular flexibility index (Phi) is 3.59. The van der Waals surface area contributed by atoms with Crippen molar-refractivity contribution in [2.24, 2.45) is 0 Å². The third kappa shape index (κ3) is 2.92. The minimum atomic E-state index is -0.280. The monoisotopic (exact) mass is 317 g/mol. The van der Waals surface area contributed by atoms with E-state index in [1.54, 1.807) is 30.5 Å². The van der Waals surface area contributed by atoms with Gasteiger partial charge < -0.3 is 4.74 Å². The van der Waals surface area contributed by atoms with Crippen LogP contribution in [-0.2, 0) is 0 Å². The Morgan fingerprint density at radius 1 is 0.833 bits per heavy atom. The molecule has 5 heteroatoms. The van der Waals surface area contributed by atoms with Crippen LogP contribution in [-0.4, -0.2) is 15.2 Å². The first-order valence-electron chi connectivity index (χ1n) is 7.40. The van der Waals surface area contributed by atoms with Crippen molar-refractivity contribution in [2.75, 3.05) is 0 Å². The molecule has 2 aromatic carbocycles. The summed E-state index contributed by atoms with van der Waals surface area (Å²) in [4.78, 5) is 4.27. The van der Waals surface area contributed by atoms with Gasteiger partial charge in [0.1, 0.15) is 11.6 Å². The smallest absolute Gasteiger partial charge is 0.238 e. The number of ether oxygens (including phenoxy) is 1. The van der Waals surface area contributed by atoms with Crippen molar-refractivity contribution in [1.29, 1.82) is 0 Å². The van der Waals surface area contributed by atoms with Gasteiger partial charge in [0.15, 0.2) is 0 Å². The number of rotatable bonds is 3. The van der Waals surface area contributed by atoms with Crippen LogP contribution < -0.4 is 4.74 Å². The Hall–Kier alpha value is -3.34. The average molecular weight is 317 g/mol. The molecule has 4 rings (SSSR count). The number of fused-ring (bicyclic) bond motifs is 1. The molecule has 0 N–H and O–H groups in total. The molecule has 0 bridgehead atoms. The van der Waals surface area contributed by atoms with Crippen LogP contribution in [0.5, 0.6) is 11.6 Å². The fourth-order valence-electron chi connectivity index (χ4n) is 2.39. The van der Waals surface area contributed by atoms with Gasteiger partial charge in [0.05, 0.1) is 11.2 Å². The Morgan fingerprint density at radius 3 is 2.50 bits per heavy atom. The second kappa shape index (κ2) is 6.04. The predicted octanol–water partition coefficient (Wildman–Crippen LogP) is 4.62. The Morgan fingerprint density at radius 2 is 1.71 bits per heavy atom. The molecule has 2 aromatic heterocycles. The summed E-state index contributed by atoms with van der Waals surface area (Å²) in [5, 5.41) is 9.19. The molecule has 4 nitrogen and oxygen atoms in total. The second-order valence-electron chi connectivity index (χ2n) is 5.22. The maximum atomic E-state index is 13.0. The van der Waals surface area contributed by atoms with Gasteiger partial charge in [-0.15, -0.1) is 10.2 Å². The van der Waals surface area contributed by atoms with Crippen molar-refractivity contribution in [3.05, 3.63) is 78.7 Å². The van der Waals surface area contributed by atoms with Gasteiger partial charge in [-0.2, -0.15) is 0 Å². The second-order valence-corrected chi connectivity index (χ2v) is 5.22. The van der Waals surface area contributed by atoms with Gasteiger partial charge in [-0.05, 0) is 54.6 Å². The molecule has 0 aliphatic heterocycles. The molecule has 24 heavy (non-hydrogen) atoms. The summed E-state index contributed by atoms with van der Waals surface area (Å²) in [5.74, 6) is 0.779. The Balaban J connectivity index is 1.57. The van der Waals surface area contributed by atoms with E-state index in [4.69, 9.17) is 4.74 Å². The van der Waals surface area contributed by atoms with E-state index in [0.717, 1.165) is 16.5 Å². The van der Waals surface area contributed by atoms with Gasteiger partial charge in [-0.3, -0.25) is 4.98 Å². The van der Waals surface area contributed by atoms with E-state index in [0.29, 0.717) is 17.3 Å². The summed E-state index contributed by atoms with van der Waals surface area (Å²) < 4.78 is 18.7. The van der Waals surface area contributed by atoms with Gasteiger partial charge in [-0.1, -0.05) is 6.07 Å². The van der Waals surface area contributed by atoms with E-state index in [2.05, 4.69) is 15.2 Å². The van der Waals surface area contributed by atoms with Crippen LogP contribution in [0.1, 0.15) is 0 Å². The number of pyridine rings is 1. The van der Waals surface area contributed by atoms with Crippen LogP contribution in [0.4, 0.5) is 4.39 Å². The summed E-state index contributed by atoms with van der Waals surface area (Å²) in [5.41, 5.74) is 2.36. The molecule has 0 unspecified atom stereocenters. The lowest BCUT2D eigenvalue weighted by molar-refractivity contribution is 0.456. The fourth-order valence-corrected chi connectivity index (χ4v) is 2.39. The largest absolute Gasteiger partial charge is 0.438 e. The number of hydrogen-bond acceptors (Lipinski definition) is 4. The molecule has 0 aliphatic carbocycles. The van der Waals surface area contributed by atoms with E-state index in [-0.39, 0.29) is 5.82 Å². The molecule has 0 saturated carbocycles. The molecule has 0 aliphatic rings. The first-order chi connectivity index (χ1) is 11.8. The fraction of sp³-hybridized carbons (Fsp3) is 0. The van der Waals surface area contributed by atoms with Crippen molar-refractivity contribution < 1.29 is 9.13 Å². The highest BCUT2D eigenvalue weighted by molar-refractivity contribution is 5.79. The van der Waals surface area contributed by atoms with Crippen molar-refractivity contribution in [2.45, 2.75) is 0 Å². The van der Waals surface area contributed by atoms with Gasteiger partial charge in [0, 0.05) is 23.2 Å². The van der Waals surface area contributed by atoms with Gasteiger partial charge in [0.2, 0.25) is 5.88 Å². The number of aromatic nitrogens is 3. The van der Waals surface area contributed by atoms with Crippen LogP contribution in [0.15, 0.2) is 72.9 Å². The van der Waals surface area contributed by atoms with E-state index >= 15 is 0 Å². The molecule has 2 heterocycles. The van der Waals surface area contributed by atoms with E-state index in [1.165, 1.54) is 12.1 Å². The molecule has 0 atom stereocenters. The van der Waals surface area contributed by atoms with Crippen molar-refractivity contribution >= 4 is 10.9 Å². The minimum Gasteiger partial charge on any atom is -0.438 e. The van der Waals surface area contributed by atoms with E-state index in [9.17, 15) is 4.39 Å². The zero-order valence-corrected chi connectivity index (χ0v) is 12.6. The summed E-state index contributed by atoms with van der Waals surface area (Å²) in [7, 11) is 0. The normalized spacial score (nSPS) is 10.7. The van der Waals surface area contributed by atoms with Crippen molar-refractivity contribution in [3.8, 4) is 22.9 Å². The molecule has 0 spiro atoms. The summed E-state index contributed by atoms with van der Waals surface area (Å²) >= 11 is 0. The first-order valence-corrected chi connectivity index (χ1v) is 7.40. The molecule has 0 saturated heterocycles. The maximum absolute atomic E-state index is 13.0. The van der Waals surface area contributed by atoms with Crippen LogP contribution in [0.2, 0.25) is 0 Å². The quantitative estimate of drug-likeness (QED) is 0.553. The predicted molar refractivity (Wildman–Crippen MR) is 89.2 cm³/mol. The van der Waals surface area contributed by atoms with Gasteiger partial charge >= 0.3 is 0 Å². The summed E-state index contributed by atoms with van der Waals surface area (Å²) in [6, 6.07) is 19.1. The van der Waals surface area contributed by atoms with Crippen LogP contribution >= 0.6 is 0 Å². The highest BCUT2D eigenvalue weighted by atomic mass is 19.1. The number of hydrogen-bond donors (Lipinski definition) is 0. The zero-order chi connectivity index (χ0) is 16.4. The number of nitrogens with zero attached hydrogens (tertiary/aromatic N) is 3. The highest BCUT2D eigenvalue weighted by Crippen LogP contribution is 2.24. The van der Waals surface area contributed by atoms with E-state index in [1.807, 2.05) is 30.3 Å². The zero-order valence-electron chi connectivity index (χ0n) is 12.6. The minimum absolute atomic E-state index is 0.280. The standard InChI is InChI=1S/C19H12FN3O/c20-15-5-3-13(4-6-15)18-9-10-19(23-22-18)24-16-7-8-17-14(12-16)2-1-11-21-17/h1-12H. The van der Waals surface area contributed by atoms with Crippen LogP contribution in [0.3, 0.4) is 0 Å². The van der Waals surface area contributed by atoms with E-state index < -0.39 is 0 Å². The highest BCUT2D eigenvalue weighted by Gasteiger charge is 2.04. The average Bonchev–Trinajstić information content (AvgIpc) is 2.63. The third-order valence-electron chi connectivity index (χ3n) is 3.58. The molecule has 0 fully saturated rings. The lowest BCUT2D eigenvalue weighted by Crippen LogP contribution is -1.92. The summed E-state index contributed by atoms with van der Waals surface area (Å²) in [6.45, 7) is 0. The molecule has 4 aromatic rings. The lowest BCUT2D eigenvalue weighted by atomic mass is 10.1. The number of halogens is 1. The lowest BCUT2D eigenvalue weighted by Gasteiger charge is -2.06. The number of benzene rings is 2. The van der Waals surface area contributed by atoms with Crippen molar-refractivity contribution in [1.82, 2.24) is 15.2 Å². The SMILES string of the molecule is Fc1ccc(-c2ccc(Oc3ccc4ncccc4c3)nn2)cc1. The molecular formula is C19H12FN3O. The van der Waals surface area contributed by atoms with Crippen LogP contribution in [0, 0.1) is 5.82 Å². The topological polar surface area (TPSA) is 47.9 Å². The van der Waals surface area contributed by atoms with Gasteiger partial charge in [-0.25, -0.2) is 4.39 Å².